The minimum Gasteiger partial charge on any atom is -0.380 e. The Morgan fingerprint density at radius 1 is 1.69 bits per heavy atom. The lowest BCUT2D eigenvalue weighted by Gasteiger charge is -2.22. The Morgan fingerprint density at radius 3 is 3.19 bits per heavy atom. The fourth-order valence-electron chi connectivity index (χ4n) is 2.00. The summed E-state index contributed by atoms with van der Waals surface area (Å²) in [6.07, 6.45) is 4.31. The molecule has 1 fully saturated rings. The maximum Gasteiger partial charge on any atom is 0.120 e. The van der Waals surface area contributed by atoms with Crippen molar-refractivity contribution in [2.24, 2.45) is 7.05 Å². The van der Waals surface area contributed by atoms with E-state index < -0.39 is 0 Å². The molecule has 0 saturated carbocycles. The SMILES string of the molecule is Cn1cc(CNC2CCCOC2)cc1C#N. The van der Waals surface area contributed by atoms with Crippen molar-refractivity contribution in [3.05, 3.63) is 23.5 Å². The summed E-state index contributed by atoms with van der Waals surface area (Å²) in [6, 6.07) is 4.55. The first-order valence-electron chi connectivity index (χ1n) is 5.66. The number of ether oxygens (including phenoxy) is 1. The highest BCUT2D eigenvalue weighted by Gasteiger charge is 2.13. The molecule has 4 heteroatoms. The molecular weight excluding hydrogens is 202 g/mol. The van der Waals surface area contributed by atoms with Gasteiger partial charge in [0.1, 0.15) is 11.8 Å². The van der Waals surface area contributed by atoms with Gasteiger partial charge in [-0.1, -0.05) is 0 Å². The molecule has 0 bridgehead atoms. The van der Waals surface area contributed by atoms with Gasteiger partial charge in [-0.05, 0) is 24.5 Å². The smallest absolute Gasteiger partial charge is 0.120 e. The summed E-state index contributed by atoms with van der Waals surface area (Å²) >= 11 is 0. The average molecular weight is 219 g/mol. The van der Waals surface area contributed by atoms with Crippen LogP contribution in [0.25, 0.3) is 0 Å². The molecule has 1 unspecified atom stereocenters. The molecule has 1 atom stereocenters. The van der Waals surface area contributed by atoms with Crippen molar-refractivity contribution < 1.29 is 4.74 Å². The molecule has 1 aromatic heterocycles. The lowest BCUT2D eigenvalue weighted by Crippen LogP contribution is -2.36. The van der Waals surface area contributed by atoms with Crippen LogP contribution >= 0.6 is 0 Å². The topological polar surface area (TPSA) is 50.0 Å². The molecule has 0 radical (unpaired) electrons. The molecule has 0 aliphatic carbocycles. The Hall–Kier alpha value is -1.31. The normalized spacial score (nSPS) is 20.6. The molecule has 0 aromatic carbocycles. The van der Waals surface area contributed by atoms with Crippen molar-refractivity contribution in [1.82, 2.24) is 9.88 Å². The second kappa shape index (κ2) is 5.15. The summed E-state index contributed by atoms with van der Waals surface area (Å²) in [5.41, 5.74) is 1.86. The van der Waals surface area contributed by atoms with Gasteiger partial charge in [-0.15, -0.1) is 0 Å². The van der Waals surface area contributed by atoms with E-state index in [1.807, 2.05) is 23.9 Å². The second-order valence-electron chi connectivity index (χ2n) is 4.25. The van der Waals surface area contributed by atoms with Crippen LogP contribution in [-0.2, 0) is 18.3 Å². The molecule has 2 rings (SSSR count). The molecule has 4 nitrogen and oxygen atoms in total. The highest BCUT2D eigenvalue weighted by molar-refractivity contribution is 5.28. The zero-order valence-corrected chi connectivity index (χ0v) is 9.57. The Bertz CT molecular complexity index is 385. The van der Waals surface area contributed by atoms with Crippen molar-refractivity contribution in [3.63, 3.8) is 0 Å². The summed E-state index contributed by atoms with van der Waals surface area (Å²) < 4.78 is 7.26. The molecule has 0 amide bonds. The minimum absolute atomic E-state index is 0.458. The summed E-state index contributed by atoms with van der Waals surface area (Å²) in [5, 5.41) is 12.3. The molecular formula is C12H17N3O. The fourth-order valence-corrected chi connectivity index (χ4v) is 2.00. The lowest BCUT2D eigenvalue weighted by atomic mass is 10.1. The largest absolute Gasteiger partial charge is 0.380 e. The van der Waals surface area contributed by atoms with E-state index in [0.29, 0.717) is 11.7 Å². The predicted molar refractivity (Wildman–Crippen MR) is 60.8 cm³/mol. The van der Waals surface area contributed by atoms with Crippen molar-refractivity contribution in [1.29, 1.82) is 5.26 Å². The van der Waals surface area contributed by atoms with Gasteiger partial charge in [0, 0.05) is 32.4 Å². The molecule has 1 aliphatic rings. The molecule has 16 heavy (non-hydrogen) atoms. The van der Waals surface area contributed by atoms with Gasteiger partial charge < -0.3 is 14.6 Å². The fraction of sp³-hybridized carbons (Fsp3) is 0.583. The number of nitriles is 1. The van der Waals surface area contributed by atoms with Crippen LogP contribution in [0.3, 0.4) is 0 Å². The van der Waals surface area contributed by atoms with E-state index in [4.69, 9.17) is 10.00 Å². The van der Waals surface area contributed by atoms with Crippen LogP contribution in [-0.4, -0.2) is 23.8 Å². The van der Waals surface area contributed by atoms with Crippen molar-refractivity contribution >= 4 is 0 Å². The first-order valence-corrected chi connectivity index (χ1v) is 5.66. The van der Waals surface area contributed by atoms with Crippen LogP contribution in [0.5, 0.6) is 0 Å². The molecule has 1 saturated heterocycles. The monoisotopic (exact) mass is 219 g/mol. The van der Waals surface area contributed by atoms with E-state index in [2.05, 4.69) is 11.4 Å². The summed E-state index contributed by atoms with van der Waals surface area (Å²) in [5.74, 6) is 0. The third-order valence-corrected chi connectivity index (χ3v) is 2.93. The molecule has 1 aliphatic heterocycles. The molecule has 86 valence electrons. The minimum atomic E-state index is 0.458. The van der Waals surface area contributed by atoms with Gasteiger partial charge in [0.25, 0.3) is 0 Å². The summed E-state index contributed by atoms with van der Waals surface area (Å²) in [7, 11) is 1.89. The van der Waals surface area contributed by atoms with E-state index in [9.17, 15) is 0 Å². The van der Waals surface area contributed by atoms with Gasteiger partial charge in [0.15, 0.2) is 0 Å². The summed E-state index contributed by atoms with van der Waals surface area (Å²) in [6.45, 7) is 2.50. The van der Waals surface area contributed by atoms with Gasteiger partial charge in [-0.25, -0.2) is 0 Å². The number of rotatable bonds is 3. The predicted octanol–water partition coefficient (Wildman–Crippen LogP) is 1.17. The van der Waals surface area contributed by atoms with Crippen molar-refractivity contribution in [2.75, 3.05) is 13.2 Å². The van der Waals surface area contributed by atoms with Gasteiger partial charge in [-0.2, -0.15) is 5.26 Å². The number of hydrogen-bond donors (Lipinski definition) is 1. The maximum absolute atomic E-state index is 8.84. The lowest BCUT2D eigenvalue weighted by molar-refractivity contribution is 0.0699. The third kappa shape index (κ3) is 2.63. The van der Waals surface area contributed by atoms with Crippen LogP contribution in [0.2, 0.25) is 0 Å². The number of nitrogens with zero attached hydrogens (tertiary/aromatic N) is 2. The quantitative estimate of drug-likeness (QED) is 0.830. The molecule has 1 aromatic rings. The standard InChI is InChI=1S/C12H17N3O/c1-15-8-10(5-12(15)6-13)7-14-11-3-2-4-16-9-11/h5,8,11,14H,2-4,7,9H2,1H3. The number of aryl methyl sites for hydroxylation is 1. The highest BCUT2D eigenvalue weighted by Crippen LogP contribution is 2.09. The number of nitrogens with one attached hydrogen (secondary N) is 1. The second-order valence-corrected chi connectivity index (χ2v) is 4.25. The average Bonchev–Trinajstić information content (AvgIpc) is 2.69. The van der Waals surface area contributed by atoms with Gasteiger partial charge in [0.2, 0.25) is 0 Å². The third-order valence-electron chi connectivity index (χ3n) is 2.93. The van der Waals surface area contributed by atoms with Gasteiger partial charge >= 0.3 is 0 Å². The number of hydrogen-bond acceptors (Lipinski definition) is 3. The van der Waals surface area contributed by atoms with Crippen LogP contribution < -0.4 is 5.32 Å². The van der Waals surface area contributed by atoms with Crippen LogP contribution in [0.4, 0.5) is 0 Å². The number of aromatic nitrogens is 1. The molecule has 1 N–H and O–H groups in total. The van der Waals surface area contributed by atoms with Crippen LogP contribution in [0.1, 0.15) is 24.1 Å². The van der Waals surface area contributed by atoms with E-state index >= 15 is 0 Å². The Balaban J connectivity index is 1.86. The van der Waals surface area contributed by atoms with Crippen LogP contribution in [0.15, 0.2) is 12.3 Å². The van der Waals surface area contributed by atoms with Crippen molar-refractivity contribution in [2.45, 2.75) is 25.4 Å². The molecule has 2 heterocycles. The first kappa shape index (κ1) is 11.2. The zero-order valence-electron chi connectivity index (χ0n) is 9.57. The highest BCUT2D eigenvalue weighted by atomic mass is 16.5. The molecule has 0 spiro atoms. The maximum atomic E-state index is 8.84. The first-order chi connectivity index (χ1) is 7.79. The Kier molecular flexibility index (Phi) is 3.60. The van der Waals surface area contributed by atoms with E-state index in [1.54, 1.807) is 0 Å². The zero-order chi connectivity index (χ0) is 11.4. The van der Waals surface area contributed by atoms with Gasteiger partial charge in [-0.3, -0.25) is 0 Å². The van der Waals surface area contributed by atoms with Gasteiger partial charge in [0.05, 0.1) is 6.61 Å². The summed E-state index contributed by atoms with van der Waals surface area (Å²) in [4.78, 5) is 0. The Morgan fingerprint density at radius 2 is 2.56 bits per heavy atom. The Labute approximate surface area is 95.8 Å². The van der Waals surface area contributed by atoms with Crippen LogP contribution in [0, 0.1) is 11.3 Å². The van der Waals surface area contributed by atoms with Crippen molar-refractivity contribution in [3.8, 4) is 6.07 Å². The van der Waals surface area contributed by atoms with E-state index in [0.717, 1.165) is 31.7 Å². The van der Waals surface area contributed by atoms with E-state index in [-0.39, 0.29) is 0 Å². The van der Waals surface area contributed by atoms with E-state index in [1.165, 1.54) is 6.42 Å².